The lowest BCUT2D eigenvalue weighted by Gasteiger charge is -2.28. The largest absolute Gasteiger partial charge is 0.372 e. The van der Waals surface area contributed by atoms with Crippen LogP contribution in [0.5, 0.6) is 0 Å². The molecule has 4 aromatic rings. The Morgan fingerprint density at radius 3 is 2.56 bits per heavy atom. The zero-order valence-electron chi connectivity index (χ0n) is 19.0. The number of H-pyrrole nitrogens is 1. The standard InChI is InChI=1S/C25H24F2N6O/c1-12-13(2)29-25-23(28-12)22(17-6-5-16(26)10-18(17)27)30-24(31-25)15-7-8-34-21(9-15)20-11-19(32-33-20)14-3-4-14/h5-6,10-11,14-15,21H,3-4,7-9H2,1-2H3,(H,32,33)/t15-,21+/m1/s1. The lowest BCUT2D eigenvalue weighted by molar-refractivity contribution is 0.00146. The van der Waals surface area contributed by atoms with Gasteiger partial charge in [0.1, 0.15) is 28.7 Å². The van der Waals surface area contributed by atoms with Gasteiger partial charge in [0.25, 0.3) is 0 Å². The van der Waals surface area contributed by atoms with E-state index in [0.717, 1.165) is 29.6 Å². The molecule has 1 aliphatic heterocycles. The third-order valence-corrected chi connectivity index (χ3v) is 6.75. The van der Waals surface area contributed by atoms with E-state index < -0.39 is 11.6 Å². The fraction of sp³-hybridized carbons (Fsp3) is 0.400. The van der Waals surface area contributed by atoms with E-state index in [1.165, 1.54) is 25.0 Å². The van der Waals surface area contributed by atoms with Crippen molar-refractivity contribution in [2.75, 3.05) is 6.61 Å². The molecule has 6 rings (SSSR count). The summed E-state index contributed by atoms with van der Waals surface area (Å²) in [5, 5.41) is 7.59. The van der Waals surface area contributed by atoms with Gasteiger partial charge in [-0.2, -0.15) is 5.10 Å². The number of hydrogen-bond acceptors (Lipinski definition) is 6. The number of aromatic amines is 1. The van der Waals surface area contributed by atoms with Crippen LogP contribution in [-0.2, 0) is 4.74 Å². The van der Waals surface area contributed by atoms with Crippen molar-refractivity contribution in [2.24, 2.45) is 0 Å². The van der Waals surface area contributed by atoms with E-state index >= 15 is 0 Å². The molecular formula is C25H24F2N6O. The first-order valence-corrected chi connectivity index (χ1v) is 11.6. The van der Waals surface area contributed by atoms with Crippen LogP contribution >= 0.6 is 0 Å². The maximum Gasteiger partial charge on any atom is 0.182 e. The summed E-state index contributed by atoms with van der Waals surface area (Å²) in [4.78, 5) is 18.7. The Hall–Kier alpha value is -3.33. The molecule has 0 unspecified atom stereocenters. The highest BCUT2D eigenvalue weighted by molar-refractivity contribution is 5.87. The quantitative estimate of drug-likeness (QED) is 0.447. The smallest absolute Gasteiger partial charge is 0.182 e. The molecule has 34 heavy (non-hydrogen) atoms. The minimum Gasteiger partial charge on any atom is -0.372 e. The molecule has 4 heterocycles. The van der Waals surface area contributed by atoms with E-state index in [0.29, 0.717) is 47.3 Å². The highest BCUT2D eigenvalue weighted by atomic mass is 19.1. The maximum absolute atomic E-state index is 14.8. The fourth-order valence-electron chi connectivity index (χ4n) is 4.54. The van der Waals surface area contributed by atoms with Gasteiger partial charge in [0.2, 0.25) is 0 Å². The van der Waals surface area contributed by atoms with Gasteiger partial charge in [-0.1, -0.05) is 0 Å². The van der Waals surface area contributed by atoms with Crippen LogP contribution in [0.25, 0.3) is 22.4 Å². The number of aryl methyl sites for hydroxylation is 2. The normalized spacial score (nSPS) is 20.7. The lowest BCUT2D eigenvalue weighted by atomic mass is 9.92. The number of nitrogens with zero attached hydrogens (tertiary/aromatic N) is 5. The minimum absolute atomic E-state index is 0.0125. The number of aromatic nitrogens is 6. The van der Waals surface area contributed by atoms with Gasteiger partial charge in [-0.3, -0.25) is 5.10 Å². The molecule has 2 fully saturated rings. The van der Waals surface area contributed by atoms with E-state index in [2.05, 4.69) is 26.2 Å². The van der Waals surface area contributed by atoms with Crippen molar-refractivity contribution < 1.29 is 13.5 Å². The van der Waals surface area contributed by atoms with Crippen molar-refractivity contribution in [1.82, 2.24) is 30.1 Å². The van der Waals surface area contributed by atoms with Crippen LogP contribution in [0.4, 0.5) is 8.78 Å². The topological polar surface area (TPSA) is 89.5 Å². The molecule has 0 amide bonds. The molecule has 1 aromatic carbocycles. The van der Waals surface area contributed by atoms with Gasteiger partial charge in [-0.05, 0) is 57.7 Å². The summed E-state index contributed by atoms with van der Waals surface area (Å²) in [7, 11) is 0. The van der Waals surface area contributed by atoms with Gasteiger partial charge in [0.05, 0.1) is 28.9 Å². The summed E-state index contributed by atoms with van der Waals surface area (Å²) < 4.78 is 34.4. The van der Waals surface area contributed by atoms with Crippen LogP contribution in [-0.4, -0.2) is 36.7 Å². The monoisotopic (exact) mass is 462 g/mol. The van der Waals surface area contributed by atoms with Gasteiger partial charge in [0.15, 0.2) is 5.65 Å². The summed E-state index contributed by atoms with van der Waals surface area (Å²) in [5.74, 6) is -0.219. The van der Waals surface area contributed by atoms with Crippen molar-refractivity contribution >= 4 is 11.2 Å². The molecule has 174 valence electrons. The van der Waals surface area contributed by atoms with Crippen molar-refractivity contribution in [3.8, 4) is 11.3 Å². The first-order chi connectivity index (χ1) is 16.5. The van der Waals surface area contributed by atoms with Crippen LogP contribution in [0.15, 0.2) is 24.3 Å². The molecule has 0 spiro atoms. The molecule has 2 atom stereocenters. The van der Waals surface area contributed by atoms with E-state index in [1.807, 2.05) is 13.8 Å². The second kappa shape index (κ2) is 8.16. The van der Waals surface area contributed by atoms with Crippen LogP contribution in [0.1, 0.15) is 72.2 Å². The zero-order chi connectivity index (χ0) is 23.4. The molecule has 3 aromatic heterocycles. The minimum atomic E-state index is -0.694. The number of hydrogen-bond donors (Lipinski definition) is 1. The number of ether oxygens (including phenoxy) is 1. The molecule has 1 aliphatic carbocycles. The van der Waals surface area contributed by atoms with Crippen molar-refractivity contribution in [3.63, 3.8) is 0 Å². The molecule has 7 nitrogen and oxygen atoms in total. The third kappa shape index (κ3) is 3.83. The van der Waals surface area contributed by atoms with E-state index in [4.69, 9.17) is 14.7 Å². The number of halogens is 2. The Morgan fingerprint density at radius 1 is 0.941 bits per heavy atom. The van der Waals surface area contributed by atoms with E-state index in [9.17, 15) is 8.78 Å². The Morgan fingerprint density at radius 2 is 1.76 bits per heavy atom. The molecule has 2 aliphatic rings. The number of nitrogens with one attached hydrogen (secondary N) is 1. The molecule has 1 N–H and O–H groups in total. The molecular weight excluding hydrogens is 438 g/mol. The molecule has 0 radical (unpaired) electrons. The van der Waals surface area contributed by atoms with Gasteiger partial charge in [-0.25, -0.2) is 28.7 Å². The summed E-state index contributed by atoms with van der Waals surface area (Å²) in [6.07, 6.45) is 3.63. The van der Waals surface area contributed by atoms with Gasteiger partial charge in [0, 0.05) is 30.1 Å². The second-order valence-corrected chi connectivity index (χ2v) is 9.22. The van der Waals surface area contributed by atoms with Crippen LogP contribution < -0.4 is 0 Å². The Bertz CT molecular complexity index is 1400. The van der Waals surface area contributed by atoms with E-state index in [-0.39, 0.29) is 17.6 Å². The first kappa shape index (κ1) is 21.2. The van der Waals surface area contributed by atoms with Crippen LogP contribution in [0.3, 0.4) is 0 Å². The van der Waals surface area contributed by atoms with Crippen molar-refractivity contribution in [3.05, 3.63) is 64.5 Å². The lowest BCUT2D eigenvalue weighted by Crippen LogP contribution is -2.21. The van der Waals surface area contributed by atoms with Gasteiger partial charge >= 0.3 is 0 Å². The first-order valence-electron chi connectivity index (χ1n) is 11.6. The van der Waals surface area contributed by atoms with Gasteiger partial charge in [-0.15, -0.1) is 0 Å². The molecule has 0 bridgehead atoms. The number of fused-ring (bicyclic) bond motifs is 1. The second-order valence-electron chi connectivity index (χ2n) is 9.22. The Balaban J connectivity index is 1.41. The summed E-state index contributed by atoms with van der Waals surface area (Å²) in [5.41, 5.74) is 4.84. The average molecular weight is 463 g/mol. The Kier molecular flexibility index (Phi) is 5.09. The Labute approximate surface area is 195 Å². The van der Waals surface area contributed by atoms with Crippen molar-refractivity contribution in [1.29, 1.82) is 0 Å². The molecule has 1 saturated carbocycles. The van der Waals surface area contributed by atoms with Crippen LogP contribution in [0, 0.1) is 25.5 Å². The predicted molar refractivity (Wildman–Crippen MR) is 121 cm³/mol. The van der Waals surface area contributed by atoms with E-state index in [1.54, 1.807) is 0 Å². The highest BCUT2D eigenvalue weighted by Gasteiger charge is 2.32. The number of benzene rings is 1. The average Bonchev–Trinajstić information content (AvgIpc) is 3.56. The maximum atomic E-state index is 14.8. The summed E-state index contributed by atoms with van der Waals surface area (Å²) in [6.45, 7) is 4.25. The highest BCUT2D eigenvalue weighted by Crippen LogP contribution is 2.42. The number of rotatable bonds is 4. The van der Waals surface area contributed by atoms with Gasteiger partial charge < -0.3 is 4.74 Å². The van der Waals surface area contributed by atoms with Crippen LogP contribution in [0.2, 0.25) is 0 Å². The summed E-state index contributed by atoms with van der Waals surface area (Å²) >= 11 is 0. The molecule has 9 heteroatoms. The third-order valence-electron chi connectivity index (χ3n) is 6.75. The zero-order valence-corrected chi connectivity index (χ0v) is 19.0. The fourth-order valence-corrected chi connectivity index (χ4v) is 4.54. The summed E-state index contributed by atoms with van der Waals surface area (Å²) in [6, 6.07) is 5.57. The SMILES string of the molecule is Cc1nc2nc([C@@H]3CCO[C@H](c4cc(C5CC5)n[nH]4)C3)nc(-c3ccc(F)cc3F)c2nc1C. The molecule has 1 saturated heterocycles. The predicted octanol–water partition coefficient (Wildman–Crippen LogP) is 5.22. The van der Waals surface area contributed by atoms with Crippen molar-refractivity contribution in [2.45, 2.75) is 57.5 Å².